The van der Waals surface area contributed by atoms with Gasteiger partial charge in [-0.15, -0.1) is 0 Å². The number of carbonyl (C=O) groups excluding carboxylic acids is 2. The van der Waals surface area contributed by atoms with E-state index in [0.717, 1.165) is 12.1 Å². The number of halogens is 1. The Balaban J connectivity index is 1.69. The molecule has 168 valence electrons. The molecule has 0 unspecified atom stereocenters. The van der Waals surface area contributed by atoms with Crippen molar-refractivity contribution in [3.05, 3.63) is 54.2 Å². The Kier molecular flexibility index (Phi) is 7.11. The molecule has 2 aromatic rings. The van der Waals surface area contributed by atoms with Crippen LogP contribution in [0.5, 0.6) is 0 Å². The summed E-state index contributed by atoms with van der Waals surface area (Å²) in [5.41, 5.74) is 0. The van der Waals surface area contributed by atoms with Gasteiger partial charge in [-0.05, 0) is 48.7 Å². The SMILES string of the molecule is CC(C)[C@H](NC(=O)c1ccco1)C(=O)N1CCCN(S(=O)(=O)c2ccc(F)cc2)CC1. The number of hydrogen-bond acceptors (Lipinski definition) is 5. The van der Waals surface area contributed by atoms with Crippen LogP contribution in [0.4, 0.5) is 4.39 Å². The number of hydrogen-bond donors (Lipinski definition) is 1. The largest absolute Gasteiger partial charge is 0.459 e. The summed E-state index contributed by atoms with van der Waals surface area (Å²) in [6.45, 7) is 4.58. The van der Waals surface area contributed by atoms with Crippen LogP contribution in [0.25, 0.3) is 0 Å². The summed E-state index contributed by atoms with van der Waals surface area (Å²) >= 11 is 0. The molecule has 1 aliphatic rings. The number of nitrogens with one attached hydrogen (secondary N) is 1. The zero-order valence-electron chi connectivity index (χ0n) is 17.5. The van der Waals surface area contributed by atoms with Gasteiger partial charge >= 0.3 is 0 Å². The number of carbonyl (C=O) groups is 2. The van der Waals surface area contributed by atoms with Crippen molar-refractivity contribution in [2.45, 2.75) is 31.2 Å². The van der Waals surface area contributed by atoms with Crippen LogP contribution in [0.1, 0.15) is 30.8 Å². The van der Waals surface area contributed by atoms with Gasteiger partial charge in [-0.25, -0.2) is 12.8 Å². The van der Waals surface area contributed by atoms with Crippen LogP contribution >= 0.6 is 0 Å². The van der Waals surface area contributed by atoms with Crippen LogP contribution < -0.4 is 5.32 Å². The van der Waals surface area contributed by atoms with Crippen molar-refractivity contribution in [2.75, 3.05) is 26.2 Å². The maximum atomic E-state index is 13.2. The third kappa shape index (κ3) is 5.31. The molecular formula is C21H26FN3O5S. The van der Waals surface area contributed by atoms with Gasteiger partial charge in [0.05, 0.1) is 11.2 Å². The third-order valence-corrected chi connectivity index (χ3v) is 7.10. The molecule has 2 amide bonds. The molecule has 1 aromatic heterocycles. The maximum Gasteiger partial charge on any atom is 0.287 e. The summed E-state index contributed by atoms with van der Waals surface area (Å²) in [6.07, 6.45) is 1.83. The Morgan fingerprint density at radius 2 is 1.77 bits per heavy atom. The molecule has 1 saturated heterocycles. The first-order chi connectivity index (χ1) is 14.7. The summed E-state index contributed by atoms with van der Waals surface area (Å²) in [4.78, 5) is 27.1. The first kappa shape index (κ1) is 23.0. The van der Waals surface area contributed by atoms with E-state index in [-0.39, 0.29) is 42.1 Å². The second-order valence-electron chi connectivity index (χ2n) is 7.71. The lowest BCUT2D eigenvalue weighted by molar-refractivity contribution is -0.134. The number of rotatable bonds is 6. The molecule has 1 aliphatic heterocycles. The predicted octanol–water partition coefficient (Wildman–Crippen LogP) is 2.10. The monoisotopic (exact) mass is 451 g/mol. The standard InChI is InChI=1S/C21H26FN3O5S/c1-15(2)19(23-20(26)18-5-3-14-30-18)21(27)24-10-4-11-25(13-12-24)31(28,29)17-8-6-16(22)7-9-17/h3,5-9,14-15,19H,4,10-13H2,1-2H3,(H,23,26)/t19-/m0/s1. The second kappa shape index (κ2) is 9.61. The normalized spacial score (nSPS) is 16.7. The van der Waals surface area contributed by atoms with Crippen molar-refractivity contribution in [1.82, 2.24) is 14.5 Å². The highest BCUT2D eigenvalue weighted by atomic mass is 32.2. The van der Waals surface area contributed by atoms with Crippen LogP contribution in [-0.2, 0) is 14.8 Å². The Morgan fingerprint density at radius 3 is 2.39 bits per heavy atom. The van der Waals surface area contributed by atoms with Crippen molar-refractivity contribution < 1.29 is 26.8 Å². The molecule has 2 heterocycles. The molecule has 0 bridgehead atoms. The van der Waals surface area contributed by atoms with Crippen molar-refractivity contribution >= 4 is 21.8 Å². The predicted molar refractivity (Wildman–Crippen MR) is 111 cm³/mol. The van der Waals surface area contributed by atoms with E-state index in [0.29, 0.717) is 13.0 Å². The summed E-state index contributed by atoms with van der Waals surface area (Å²) in [5, 5.41) is 2.72. The van der Waals surface area contributed by atoms with E-state index >= 15 is 0 Å². The smallest absolute Gasteiger partial charge is 0.287 e. The maximum absolute atomic E-state index is 13.2. The van der Waals surface area contributed by atoms with Crippen LogP contribution in [-0.4, -0.2) is 61.7 Å². The zero-order chi connectivity index (χ0) is 22.6. The molecule has 1 fully saturated rings. The van der Waals surface area contributed by atoms with Crippen LogP contribution in [0, 0.1) is 11.7 Å². The highest BCUT2D eigenvalue weighted by Gasteiger charge is 2.33. The fourth-order valence-corrected chi connectivity index (χ4v) is 4.91. The lowest BCUT2D eigenvalue weighted by atomic mass is 10.0. The average Bonchev–Trinajstić information content (AvgIpc) is 3.15. The quantitative estimate of drug-likeness (QED) is 0.725. The van der Waals surface area contributed by atoms with Gasteiger partial charge in [0.2, 0.25) is 15.9 Å². The fourth-order valence-electron chi connectivity index (χ4n) is 3.44. The number of sulfonamides is 1. The van der Waals surface area contributed by atoms with Gasteiger partial charge in [0.1, 0.15) is 11.9 Å². The van der Waals surface area contributed by atoms with Gasteiger partial charge in [0.25, 0.3) is 5.91 Å². The zero-order valence-corrected chi connectivity index (χ0v) is 18.3. The molecular weight excluding hydrogens is 425 g/mol. The first-order valence-corrected chi connectivity index (χ1v) is 11.5. The molecule has 0 radical (unpaired) electrons. The van der Waals surface area contributed by atoms with Crippen molar-refractivity contribution in [3.8, 4) is 0 Å². The van der Waals surface area contributed by atoms with Crippen molar-refractivity contribution in [2.24, 2.45) is 5.92 Å². The minimum absolute atomic E-state index is 0.0134. The van der Waals surface area contributed by atoms with E-state index in [4.69, 9.17) is 4.42 Å². The van der Waals surface area contributed by atoms with Crippen LogP contribution in [0.15, 0.2) is 52.0 Å². The van der Waals surface area contributed by atoms with Gasteiger partial charge < -0.3 is 14.6 Å². The van der Waals surface area contributed by atoms with Gasteiger partial charge in [0, 0.05) is 26.2 Å². The summed E-state index contributed by atoms with van der Waals surface area (Å²) in [5.74, 6) is -1.31. The summed E-state index contributed by atoms with van der Waals surface area (Å²) in [7, 11) is -3.79. The average molecular weight is 452 g/mol. The molecule has 31 heavy (non-hydrogen) atoms. The Morgan fingerprint density at radius 1 is 1.06 bits per heavy atom. The summed E-state index contributed by atoms with van der Waals surface area (Å²) in [6, 6.07) is 7.02. The highest BCUT2D eigenvalue weighted by Crippen LogP contribution is 2.19. The molecule has 1 atom stereocenters. The molecule has 0 spiro atoms. The number of amides is 2. The lowest BCUT2D eigenvalue weighted by Gasteiger charge is -2.28. The highest BCUT2D eigenvalue weighted by molar-refractivity contribution is 7.89. The Hall–Kier alpha value is -2.72. The Bertz CT molecular complexity index is 1010. The molecule has 1 aromatic carbocycles. The minimum atomic E-state index is -3.79. The van der Waals surface area contributed by atoms with Crippen LogP contribution in [0.3, 0.4) is 0 Å². The molecule has 0 aliphatic carbocycles. The van der Waals surface area contributed by atoms with Crippen molar-refractivity contribution in [3.63, 3.8) is 0 Å². The van der Waals surface area contributed by atoms with Gasteiger partial charge in [-0.3, -0.25) is 9.59 Å². The minimum Gasteiger partial charge on any atom is -0.459 e. The third-order valence-electron chi connectivity index (χ3n) is 5.18. The van der Waals surface area contributed by atoms with Crippen molar-refractivity contribution in [1.29, 1.82) is 0 Å². The topological polar surface area (TPSA) is 99.9 Å². The molecule has 1 N–H and O–H groups in total. The van der Waals surface area contributed by atoms with Gasteiger partial charge in [0.15, 0.2) is 5.76 Å². The van der Waals surface area contributed by atoms with Crippen LogP contribution in [0.2, 0.25) is 0 Å². The number of benzene rings is 1. The fraction of sp³-hybridized carbons (Fsp3) is 0.429. The number of nitrogens with zero attached hydrogens (tertiary/aromatic N) is 2. The molecule has 0 saturated carbocycles. The van der Waals surface area contributed by atoms with E-state index < -0.39 is 27.8 Å². The molecule has 3 rings (SSSR count). The van der Waals surface area contributed by atoms with Gasteiger partial charge in [-0.2, -0.15) is 4.31 Å². The van der Waals surface area contributed by atoms with E-state index in [1.165, 1.54) is 28.8 Å². The van der Waals surface area contributed by atoms with E-state index in [1.807, 2.05) is 13.8 Å². The second-order valence-corrected chi connectivity index (χ2v) is 9.65. The van der Waals surface area contributed by atoms with Gasteiger partial charge in [-0.1, -0.05) is 13.8 Å². The molecule has 8 nitrogen and oxygen atoms in total. The summed E-state index contributed by atoms with van der Waals surface area (Å²) < 4.78 is 45.3. The molecule has 10 heteroatoms. The number of furan rings is 1. The Labute approximate surface area is 181 Å². The van der Waals surface area contributed by atoms with E-state index in [2.05, 4.69) is 5.32 Å². The lowest BCUT2D eigenvalue weighted by Crippen LogP contribution is -2.52. The van der Waals surface area contributed by atoms with E-state index in [1.54, 1.807) is 11.0 Å². The van der Waals surface area contributed by atoms with E-state index in [9.17, 15) is 22.4 Å². The first-order valence-electron chi connectivity index (χ1n) is 10.1.